The maximum Gasteiger partial charge on any atom is 0.152 e. The minimum atomic E-state index is 0.0185. The number of ketones is 1. The molecular formula is C12H22O. The lowest BCUT2D eigenvalue weighted by molar-refractivity contribution is -0.112. The normalized spacial score (nSPS) is 3.77. The van der Waals surface area contributed by atoms with Gasteiger partial charge in [0.2, 0.25) is 0 Å². The number of rotatable bonds is 1. The van der Waals surface area contributed by atoms with Gasteiger partial charge in [-0.2, -0.15) is 0 Å². The van der Waals surface area contributed by atoms with Crippen LogP contribution in [0.1, 0.15) is 6.92 Å². The smallest absolute Gasteiger partial charge is 0.152 e. The SMILES string of the molecule is C=C.C=C.C=C.C=C.C=CC(C)=O. The summed E-state index contributed by atoms with van der Waals surface area (Å²) >= 11 is 0. The fraction of sp³-hybridized carbons (Fsp3) is 0.0833. The number of carbonyl (C=O) groups excluding carboxylic acids is 1. The highest BCUT2D eigenvalue weighted by molar-refractivity contribution is 5.86. The molecule has 0 saturated heterocycles. The van der Waals surface area contributed by atoms with Gasteiger partial charge in [0.25, 0.3) is 0 Å². The van der Waals surface area contributed by atoms with E-state index < -0.39 is 0 Å². The molecule has 1 nitrogen and oxygen atoms in total. The fourth-order valence-electron chi connectivity index (χ4n) is 0. The lowest BCUT2D eigenvalue weighted by Crippen LogP contribution is -1.74. The molecule has 0 aromatic heterocycles. The first-order valence-corrected chi connectivity index (χ1v) is 3.40. The topological polar surface area (TPSA) is 17.1 Å². The van der Waals surface area contributed by atoms with Gasteiger partial charge >= 0.3 is 0 Å². The zero-order valence-electron chi connectivity index (χ0n) is 8.85. The maximum absolute atomic E-state index is 9.69. The first-order chi connectivity index (χ1) is 6.27. The fourth-order valence-corrected chi connectivity index (χ4v) is 0. The van der Waals surface area contributed by atoms with Gasteiger partial charge < -0.3 is 0 Å². The summed E-state index contributed by atoms with van der Waals surface area (Å²) in [7, 11) is 0. The summed E-state index contributed by atoms with van der Waals surface area (Å²) in [5, 5.41) is 0. The summed E-state index contributed by atoms with van der Waals surface area (Å²) in [6.45, 7) is 28.7. The van der Waals surface area contributed by atoms with Crippen molar-refractivity contribution in [1.29, 1.82) is 0 Å². The minimum Gasteiger partial charge on any atom is -0.295 e. The van der Waals surface area contributed by atoms with E-state index in [-0.39, 0.29) is 5.78 Å². The highest BCUT2D eigenvalue weighted by atomic mass is 16.1. The molecule has 0 fully saturated rings. The number of carbonyl (C=O) groups is 1. The van der Waals surface area contributed by atoms with E-state index in [4.69, 9.17) is 0 Å². The molecule has 0 aromatic rings. The van der Waals surface area contributed by atoms with Crippen molar-refractivity contribution in [3.63, 3.8) is 0 Å². The molecule has 13 heavy (non-hydrogen) atoms. The van der Waals surface area contributed by atoms with Gasteiger partial charge in [-0.3, -0.25) is 4.79 Å². The molecule has 0 aliphatic heterocycles. The van der Waals surface area contributed by atoms with E-state index in [1.54, 1.807) is 0 Å². The summed E-state index contributed by atoms with van der Waals surface area (Å²) in [6.07, 6.45) is 1.28. The second kappa shape index (κ2) is 162. The Hall–Kier alpha value is -1.63. The summed E-state index contributed by atoms with van der Waals surface area (Å²) < 4.78 is 0. The van der Waals surface area contributed by atoms with E-state index in [0.29, 0.717) is 0 Å². The molecular weight excluding hydrogens is 160 g/mol. The second-order valence-electron chi connectivity index (χ2n) is 0.815. The molecule has 0 N–H and O–H groups in total. The molecule has 0 aliphatic carbocycles. The van der Waals surface area contributed by atoms with Crippen LogP contribution in [-0.2, 0) is 4.79 Å². The van der Waals surface area contributed by atoms with Crippen LogP contribution < -0.4 is 0 Å². The number of allylic oxidation sites excluding steroid dienone is 1. The van der Waals surface area contributed by atoms with E-state index in [1.807, 2.05) is 0 Å². The highest BCUT2D eigenvalue weighted by Gasteiger charge is 1.69. The zero-order chi connectivity index (χ0) is 12.3. The van der Waals surface area contributed by atoms with E-state index in [9.17, 15) is 4.79 Å². The minimum absolute atomic E-state index is 0.0185. The van der Waals surface area contributed by atoms with Crippen molar-refractivity contribution < 1.29 is 4.79 Å². The second-order valence-corrected chi connectivity index (χ2v) is 0.815. The lowest BCUT2D eigenvalue weighted by atomic mass is 10.5. The Bertz CT molecular complexity index is 87.3. The molecule has 0 saturated carbocycles. The van der Waals surface area contributed by atoms with Gasteiger partial charge in [-0.05, 0) is 13.0 Å². The largest absolute Gasteiger partial charge is 0.295 e. The van der Waals surface area contributed by atoms with Gasteiger partial charge in [0.15, 0.2) is 5.78 Å². The molecule has 0 aliphatic rings. The van der Waals surface area contributed by atoms with Crippen LogP contribution in [-0.4, -0.2) is 5.78 Å². The summed E-state index contributed by atoms with van der Waals surface area (Å²) in [5.41, 5.74) is 0. The van der Waals surface area contributed by atoms with Crippen LogP contribution in [0.4, 0.5) is 0 Å². The van der Waals surface area contributed by atoms with Gasteiger partial charge in [-0.1, -0.05) is 6.58 Å². The predicted molar refractivity (Wildman–Crippen MR) is 65.9 cm³/mol. The third kappa shape index (κ3) is 5310. The first kappa shape index (κ1) is 30.1. The lowest BCUT2D eigenvalue weighted by Gasteiger charge is -1.62. The van der Waals surface area contributed by atoms with Crippen molar-refractivity contribution >= 4 is 5.78 Å². The molecule has 1 heteroatoms. The average Bonchev–Trinajstić information content (AvgIpc) is 2.29. The zero-order valence-corrected chi connectivity index (χ0v) is 8.85. The van der Waals surface area contributed by atoms with Crippen LogP contribution in [0.15, 0.2) is 65.3 Å². The van der Waals surface area contributed by atoms with Crippen LogP contribution in [0.3, 0.4) is 0 Å². The van der Waals surface area contributed by atoms with E-state index in [2.05, 4.69) is 59.2 Å². The Morgan fingerprint density at radius 2 is 0.923 bits per heavy atom. The third-order valence-corrected chi connectivity index (χ3v) is 0.287. The molecule has 0 rings (SSSR count). The molecule has 0 atom stereocenters. The molecule has 0 amide bonds. The van der Waals surface area contributed by atoms with Crippen molar-refractivity contribution in [2.75, 3.05) is 0 Å². The van der Waals surface area contributed by atoms with Gasteiger partial charge in [-0.25, -0.2) is 0 Å². The highest BCUT2D eigenvalue weighted by Crippen LogP contribution is 1.60. The van der Waals surface area contributed by atoms with Crippen molar-refractivity contribution in [3.8, 4) is 0 Å². The van der Waals surface area contributed by atoms with Gasteiger partial charge in [0, 0.05) is 0 Å². The molecule has 0 aromatic carbocycles. The van der Waals surface area contributed by atoms with Gasteiger partial charge in [0.05, 0.1) is 0 Å². The monoisotopic (exact) mass is 182 g/mol. The van der Waals surface area contributed by atoms with Crippen LogP contribution in [0.2, 0.25) is 0 Å². The van der Waals surface area contributed by atoms with E-state index in [1.165, 1.54) is 13.0 Å². The Kier molecular flexibility index (Phi) is 376. The van der Waals surface area contributed by atoms with Crippen molar-refractivity contribution in [2.24, 2.45) is 0 Å². The number of hydrogen-bond acceptors (Lipinski definition) is 1. The summed E-state index contributed by atoms with van der Waals surface area (Å²) in [4.78, 5) is 9.69. The van der Waals surface area contributed by atoms with Crippen molar-refractivity contribution in [1.82, 2.24) is 0 Å². The van der Waals surface area contributed by atoms with E-state index in [0.717, 1.165) is 0 Å². The molecule has 76 valence electrons. The molecule has 0 bridgehead atoms. The van der Waals surface area contributed by atoms with E-state index >= 15 is 0 Å². The first-order valence-electron chi connectivity index (χ1n) is 3.40. The summed E-state index contributed by atoms with van der Waals surface area (Å²) in [6, 6.07) is 0. The Morgan fingerprint density at radius 3 is 0.923 bits per heavy atom. The quantitative estimate of drug-likeness (QED) is 0.443. The molecule has 0 heterocycles. The van der Waals surface area contributed by atoms with Crippen LogP contribution in [0.25, 0.3) is 0 Å². The molecule has 0 unspecified atom stereocenters. The van der Waals surface area contributed by atoms with Crippen LogP contribution >= 0.6 is 0 Å². The molecule has 0 spiro atoms. The van der Waals surface area contributed by atoms with Gasteiger partial charge in [-0.15, -0.1) is 52.6 Å². The van der Waals surface area contributed by atoms with Crippen LogP contribution in [0, 0.1) is 0 Å². The van der Waals surface area contributed by atoms with Crippen LogP contribution in [0.5, 0.6) is 0 Å². The van der Waals surface area contributed by atoms with Gasteiger partial charge in [0.1, 0.15) is 0 Å². The maximum atomic E-state index is 9.69. The Labute approximate surface area is 83.5 Å². The molecule has 0 radical (unpaired) electrons. The standard InChI is InChI=1S/C4H6O.4C2H4/c1-3-4(2)5;4*1-2/h3H,1H2,2H3;4*1-2H2. The number of hydrogen-bond donors (Lipinski definition) is 0. The predicted octanol–water partition coefficient (Wildman–Crippen LogP) is 3.97. The Balaban J connectivity index is -0.0000000230. The average molecular weight is 182 g/mol. The third-order valence-electron chi connectivity index (χ3n) is 0.287. The summed E-state index contributed by atoms with van der Waals surface area (Å²) in [5.74, 6) is 0.0185. The van der Waals surface area contributed by atoms with Crippen molar-refractivity contribution in [3.05, 3.63) is 65.3 Å². The van der Waals surface area contributed by atoms with Crippen molar-refractivity contribution in [2.45, 2.75) is 6.92 Å². The Morgan fingerprint density at radius 1 is 0.846 bits per heavy atom.